The highest BCUT2D eigenvalue weighted by Gasteiger charge is 2.31. The molecule has 168 valence electrons. The van der Waals surface area contributed by atoms with Crippen molar-refractivity contribution in [1.82, 2.24) is 9.29 Å². The molecule has 6 nitrogen and oxygen atoms in total. The van der Waals surface area contributed by atoms with E-state index >= 15 is 0 Å². The van der Waals surface area contributed by atoms with Gasteiger partial charge in [0.2, 0.25) is 10.0 Å². The number of hydrogen-bond acceptors (Lipinski definition) is 5. The van der Waals surface area contributed by atoms with Crippen molar-refractivity contribution in [2.45, 2.75) is 25.2 Å². The molecule has 9 heteroatoms. The Morgan fingerprint density at radius 1 is 1.06 bits per heavy atom. The molecule has 2 unspecified atom stereocenters. The standard InChI is InChI=1S/C23H24IN3O3S2/c1-15-11-16(2)13-27(12-15)32(29,30)20-9-5-18(6-10-20)22(28)26-23-25-21(14-31-23)17-3-7-19(24)8-4-17/h3-10,14-16H,11-13H2,1-2H3,(H,25,26,28). The van der Waals surface area contributed by atoms with Gasteiger partial charge in [-0.15, -0.1) is 11.3 Å². The van der Waals surface area contributed by atoms with Gasteiger partial charge < -0.3 is 0 Å². The van der Waals surface area contributed by atoms with Crippen LogP contribution < -0.4 is 5.32 Å². The van der Waals surface area contributed by atoms with Gasteiger partial charge in [-0.3, -0.25) is 10.1 Å². The molecule has 1 saturated heterocycles. The highest BCUT2D eigenvalue weighted by molar-refractivity contribution is 14.1. The van der Waals surface area contributed by atoms with E-state index in [4.69, 9.17) is 0 Å². The van der Waals surface area contributed by atoms with Crippen molar-refractivity contribution < 1.29 is 13.2 Å². The van der Waals surface area contributed by atoms with E-state index < -0.39 is 10.0 Å². The number of carbonyl (C=O) groups excluding carboxylic acids is 1. The second kappa shape index (κ2) is 9.58. The van der Waals surface area contributed by atoms with Gasteiger partial charge >= 0.3 is 0 Å². The van der Waals surface area contributed by atoms with E-state index in [-0.39, 0.29) is 10.8 Å². The van der Waals surface area contributed by atoms with Crippen molar-refractivity contribution >= 4 is 55.0 Å². The lowest BCUT2D eigenvalue weighted by atomic mass is 9.94. The smallest absolute Gasteiger partial charge is 0.257 e. The molecule has 3 aromatic rings. The summed E-state index contributed by atoms with van der Waals surface area (Å²) in [5, 5.41) is 5.19. The number of nitrogens with one attached hydrogen (secondary N) is 1. The van der Waals surface area contributed by atoms with Crippen LogP contribution in [0.25, 0.3) is 11.3 Å². The van der Waals surface area contributed by atoms with Gasteiger partial charge in [-0.1, -0.05) is 26.0 Å². The van der Waals surface area contributed by atoms with E-state index in [9.17, 15) is 13.2 Å². The van der Waals surface area contributed by atoms with Crippen LogP contribution in [-0.2, 0) is 10.0 Å². The molecule has 1 amide bonds. The molecule has 0 saturated carbocycles. The Labute approximate surface area is 206 Å². The predicted octanol–water partition coefficient (Wildman–Crippen LogP) is 5.33. The van der Waals surface area contributed by atoms with Crippen LogP contribution in [0.15, 0.2) is 58.8 Å². The number of rotatable bonds is 5. The largest absolute Gasteiger partial charge is 0.298 e. The van der Waals surface area contributed by atoms with Crippen molar-refractivity contribution in [3.8, 4) is 11.3 Å². The molecule has 2 heterocycles. The number of halogens is 1. The van der Waals surface area contributed by atoms with Crippen LogP contribution >= 0.6 is 33.9 Å². The third-order valence-corrected chi connectivity index (χ3v) is 8.78. The van der Waals surface area contributed by atoms with Gasteiger partial charge in [-0.05, 0) is 77.2 Å². The van der Waals surface area contributed by atoms with E-state index in [1.807, 2.05) is 29.6 Å². The maximum atomic E-state index is 13.0. The molecule has 32 heavy (non-hydrogen) atoms. The SMILES string of the molecule is CC1CC(C)CN(S(=O)(=O)c2ccc(C(=O)Nc3nc(-c4ccc(I)cc4)cs3)cc2)C1. The van der Waals surface area contributed by atoms with Gasteiger partial charge in [0.1, 0.15) is 0 Å². The fraction of sp³-hybridized carbons (Fsp3) is 0.304. The summed E-state index contributed by atoms with van der Waals surface area (Å²) in [5.41, 5.74) is 2.17. The van der Waals surface area contributed by atoms with Crippen molar-refractivity contribution in [3.63, 3.8) is 0 Å². The summed E-state index contributed by atoms with van der Waals surface area (Å²) in [4.78, 5) is 17.4. The number of anilines is 1. The Balaban J connectivity index is 1.45. The molecule has 1 aromatic heterocycles. The fourth-order valence-electron chi connectivity index (χ4n) is 3.98. The molecule has 1 aliphatic heterocycles. The lowest BCUT2D eigenvalue weighted by Crippen LogP contribution is -2.42. The van der Waals surface area contributed by atoms with Crippen LogP contribution in [0.1, 0.15) is 30.6 Å². The second-order valence-corrected chi connectivity index (χ2v) is 12.3. The summed E-state index contributed by atoms with van der Waals surface area (Å²) in [6.45, 7) is 5.21. The lowest BCUT2D eigenvalue weighted by Gasteiger charge is -2.34. The van der Waals surface area contributed by atoms with E-state index in [0.717, 1.165) is 21.2 Å². The number of aromatic nitrogens is 1. The van der Waals surface area contributed by atoms with E-state index in [2.05, 4.69) is 46.7 Å². The number of sulfonamides is 1. The molecule has 4 rings (SSSR count). The zero-order valence-corrected chi connectivity index (χ0v) is 21.6. The zero-order valence-electron chi connectivity index (χ0n) is 17.8. The number of hydrogen-bond donors (Lipinski definition) is 1. The molecule has 0 spiro atoms. The van der Waals surface area contributed by atoms with E-state index in [1.165, 1.54) is 23.5 Å². The van der Waals surface area contributed by atoms with Crippen LogP contribution in [-0.4, -0.2) is 36.7 Å². The van der Waals surface area contributed by atoms with Gasteiger partial charge in [0.15, 0.2) is 5.13 Å². The monoisotopic (exact) mass is 581 g/mol. The summed E-state index contributed by atoms with van der Waals surface area (Å²) >= 11 is 3.60. The number of carbonyl (C=O) groups is 1. The maximum absolute atomic E-state index is 13.0. The number of amides is 1. The number of nitrogens with zero attached hydrogens (tertiary/aromatic N) is 2. The van der Waals surface area contributed by atoms with Gasteiger partial charge in [-0.2, -0.15) is 4.31 Å². The molecule has 1 fully saturated rings. The van der Waals surface area contributed by atoms with Crippen molar-refractivity contribution in [3.05, 3.63) is 63.0 Å². The van der Waals surface area contributed by atoms with Crippen LogP contribution in [0.2, 0.25) is 0 Å². The summed E-state index contributed by atoms with van der Waals surface area (Å²) in [7, 11) is -3.57. The first-order valence-corrected chi connectivity index (χ1v) is 13.8. The summed E-state index contributed by atoms with van der Waals surface area (Å²) in [6, 6.07) is 14.1. The minimum absolute atomic E-state index is 0.214. The van der Waals surface area contributed by atoms with Gasteiger partial charge in [0.25, 0.3) is 5.91 Å². The first kappa shape index (κ1) is 23.3. The summed E-state index contributed by atoms with van der Waals surface area (Å²) in [5.74, 6) is 0.347. The Bertz CT molecular complexity index is 1200. The highest BCUT2D eigenvalue weighted by Crippen LogP contribution is 2.28. The number of benzene rings is 2. The summed E-state index contributed by atoms with van der Waals surface area (Å²) in [6.07, 6.45) is 1.03. The molecule has 1 aliphatic rings. The third-order valence-electron chi connectivity index (χ3n) is 5.45. The van der Waals surface area contributed by atoms with Crippen LogP contribution in [0.4, 0.5) is 5.13 Å². The Morgan fingerprint density at radius 3 is 2.31 bits per heavy atom. The van der Waals surface area contributed by atoms with E-state index in [0.29, 0.717) is 35.6 Å². The Kier molecular flexibility index (Phi) is 6.99. The minimum Gasteiger partial charge on any atom is -0.298 e. The van der Waals surface area contributed by atoms with Crippen molar-refractivity contribution in [2.75, 3.05) is 18.4 Å². The van der Waals surface area contributed by atoms with Gasteiger partial charge in [0.05, 0.1) is 10.6 Å². The first-order valence-electron chi connectivity index (χ1n) is 10.4. The first-order chi connectivity index (χ1) is 15.2. The second-order valence-electron chi connectivity index (χ2n) is 8.29. The maximum Gasteiger partial charge on any atom is 0.257 e. The molecular weight excluding hydrogens is 557 g/mol. The molecule has 2 atom stereocenters. The van der Waals surface area contributed by atoms with Crippen LogP contribution in [0.3, 0.4) is 0 Å². The minimum atomic E-state index is -3.57. The Morgan fingerprint density at radius 2 is 1.69 bits per heavy atom. The average molecular weight is 582 g/mol. The van der Waals surface area contributed by atoms with Gasteiger partial charge in [0, 0.05) is 33.2 Å². The molecule has 0 bridgehead atoms. The molecule has 2 aromatic carbocycles. The molecule has 0 radical (unpaired) electrons. The zero-order chi connectivity index (χ0) is 22.9. The third kappa shape index (κ3) is 5.22. The van der Waals surface area contributed by atoms with Crippen LogP contribution in [0, 0.1) is 15.4 Å². The molecular formula is C23H24IN3O3S2. The normalized spacial score (nSPS) is 19.6. The number of piperidine rings is 1. The fourth-order valence-corrected chi connectivity index (χ4v) is 6.74. The van der Waals surface area contributed by atoms with Crippen LogP contribution in [0.5, 0.6) is 0 Å². The Hall–Kier alpha value is -1.82. The lowest BCUT2D eigenvalue weighted by molar-refractivity contribution is 0.102. The predicted molar refractivity (Wildman–Crippen MR) is 136 cm³/mol. The molecule has 0 aliphatic carbocycles. The van der Waals surface area contributed by atoms with Crippen molar-refractivity contribution in [2.24, 2.45) is 11.8 Å². The van der Waals surface area contributed by atoms with Crippen molar-refractivity contribution in [1.29, 1.82) is 0 Å². The highest BCUT2D eigenvalue weighted by atomic mass is 127. The summed E-state index contributed by atoms with van der Waals surface area (Å²) < 4.78 is 28.8. The topological polar surface area (TPSA) is 79.4 Å². The molecule has 1 N–H and O–H groups in total. The number of thiazole rings is 1. The van der Waals surface area contributed by atoms with E-state index in [1.54, 1.807) is 16.4 Å². The van der Waals surface area contributed by atoms with Gasteiger partial charge in [-0.25, -0.2) is 13.4 Å². The quantitative estimate of drug-likeness (QED) is 0.413. The average Bonchev–Trinajstić information content (AvgIpc) is 3.22.